The van der Waals surface area contributed by atoms with Gasteiger partial charge in [-0.05, 0) is 6.42 Å². The minimum Gasteiger partial charge on any atom is -0.383 e. The molecule has 22 heavy (non-hydrogen) atoms. The second-order valence-corrected chi connectivity index (χ2v) is 6.79. The molecule has 0 spiro atoms. The van der Waals surface area contributed by atoms with Gasteiger partial charge in [-0.1, -0.05) is 20.8 Å². The molecule has 0 rings (SSSR count). The van der Waals surface area contributed by atoms with E-state index in [2.05, 4.69) is 15.2 Å². The van der Waals surface area contributed by atoms with E-state index in [0.717, 1.165) is 6.42 Å². The van der Waals surface area contributed by atoms with Gasteiger partial charge in [-0.25, -0.2) is 4.57 Å². The fraction of sp³-hybridized carbons (Fsp3) is 0.833. The van der Waals surface area contributed by atoms with Crippen molar-refractivity contribution in [3.63, 3.8) is 0 Å². The summed E-state index contributed by atoms with van der Waals surface area (Å²) in [5.74, 6) is -0.941. The molecule has 0 aromatic rings. The predicted octanol–water partition coefficient (Wildman–Crippen LogP) is -0.485. The standard InChI is InChI=1S/C12H25N2O7P/c1-4-6-13-9(15)5-7-14-11(17)10(16)12(2,3)8-21-22(18,19)20/h10,16H,4-8H2,1-3H3,(H,13,15)(H,14,17)(H2,18,19,20)/t10-/m0/s1. The molecule has 0 aliphatic rings. The van der Waals surface area contributed by atoms with Crippen molar-refractivity contribution < 1.29 is 33.6 Å². The predicted molar refractivity (Wildman–Crippen MR) is 78.7 cm³/mol. The zero-order chi connectivity index (χ0) is 17.4. The molecule has 0 bridgehead atoms. The molecule has 0 saturated carbocycles. The van der Waals surface area contributed by atoms with Crippen molar-refractivity contribution in [2.75, 3.05) is 19.7 Å². The van der Waals surface area contributed by atoms with Crippen LogP contribution in [0.5, 0.6) is 0 Å². The zero-order valence-corrected chi connectivity index (χ0v) is 13.9. The van der Waals surface area contributed by atoms with Crippen molar-refractivity contribution >= 4 is 19.6 Å². The molecule has 0 fully saturated rings. The smallest absolute Gasteiger partial charge is 0.383 e. The molecular formula is C12H25N2O7P. The molecule has 0 heterocycles. The number of hydrogen-bond donors (Lipinski definition) is 5. The van der Waals surface area contributed by atoms with Crippen LogP contribution in [0, 0.1) is 5.41 Å². The van der Waals surface area contributed by atoms with Crippen LogP contribution in [0.4, 0.5) is 0 Å². The molecule has 5 N–H and O–H groups in total. The number of aliphatic hydroxyl groups excluding tert-OH is 1. The largest absolute Gasteiger partial charge is 0.469 e. The summed E-state index contributed by atoms with van der Waals surface area (Å²) in [5, 5.41) is 14.9. The molecule has 0 aromatic heterocycles. The topological polar surface area (TPSA) is 145 Å². The Morgan fingerprint density at radius 1 is 1.23 bits per heavy atom. The summed E-state index contributed by atoms with van der Waals surface area (Å²) in [6.45, 7) is 4.90. The Morgan fingerprint density at radius 3 is 2.32 bits per heavy atom. The van der Waals surface area contributed by atoms with Crippen molar-refractivity contribution in [2.24, 2.45) is 5.41 Å². The molecule has 0 unspecified atom stereocenters. The highest BCUT2D eigenvalue weighted by Gasteiger charge is 2.35. The van der Waals surface area contributed by atoms with Crippen LogP contribution in [-0.4, -0.2) is 52.5 Å². The Labute approximate surface area is 129 Å². The van der Waals surface area contributed by atoms with Gasteiger partial charge >= 0.3 is 7.82 Å². The van der Waals surface area contributed by atoms with E-state index in [1.807, 2.05) is 6.92 Å². The van der Waals surface area contributed by atoms with Crippen LogP contribution in [0.1, 0.15) is 33.6 Å². The van der Waals surface area contributed by atoms with Crippen LogP contribution in [0.2, 0.25) is 0 Å². The lowest BCUT2D eigenvalue weighted by Crippen LogP contribution is -2.46. The molecular weight excluding hydrogens is 315 g/mol. The highest BCUT2D eigenvalue weighted by atomic mass is 31.2. The average Bonchev–Trinajstić information content (AvgIpc) is 2.41. The second kappa shape index (κ2) is 9.22. The van der Waals surface area contributed by atoms with E-state index in [1.54, 1.807) is 0 Å². The van der Waals surface area contributed by atoms with E-state index in [9.17, 15) is 19.3 Å². The van der Waals surface area contributed by atoms with E-state index >= 15 is 0 Å². The van der Waals surface area contributed by atoms with Gasteiger partial charge in [0, 0.05) is 24.9 Å². The quantitative estimate of drug-likeness (QED) is 0.338. The van der Waals surface area contributed by atoms with E-state index in [4.69, 9.17) is 9.79 Å². The first-order valence-corrected chi connectivity index (χ1v) is 8.45. The van der Waals surface area contributed by atoms with E-state index in [1.165, 1.54) is 13.8 Å². The minimum absolute atomic E-state index is 0.0564. The maximum Gasteiger partial charge on any atom is 0.469 e. The Kier molecular flexibility index (Phi) is 8.80. The summed E-state index contributed by atoms with van der Waals surface area (Å²) in [7, 11) is -4.67. The Morgan fingerprint density at radius 2 is 1.82 bits per heavy atom. The SMILES string of the molecule is CCCNC(=O)CCNC(=O)[C@H](O)C(C)(C)COP(=O)(O)O. The van der Waals surface area contributed by atoms with E-state index in [-0.39, 0.29) is 18.9 Å². The third-order valence-electron chi connectivity index (χ3n) is 2.82. The number of carbonyl (C=O) groups excluding carboxylic acids is 2. The van der Waals surface area contributed by atoms with Gasteiger partial charge in [-0.15, -0.1) is 0 Å². The van der Waals surface area contributed by atoms with Gasteiger partial charge in [-0.3, -0.25) is 14.1 Å². The lowest BCUT2D eigenvalue weighted by Gasteiger charge is -2.29. The van der Waals surface area contributed by atoms with Gasteiger partial charge in [0.1, 0.15) is 6.10 Å². The van der Waals surface area contributed by atoms with Gasteiger partial charge < -0.3 is 25.5 Å². The van der Waals surface area contributed by atoms with Crippen molar-refractivity contribution in [1.82, 2.24) is 10.6 Å². The Balaban J connectivity index is 4.24. The summed E-state index contributed by atoms with van der Waals surface area (Å²) < 4.78 is 15.0. The number of carbonyl (C=O) groups is 2. The molecule has 0 saturated heterocycles. The highest BCUT2D eigenvalue weighted by Crippen LogP contribution is 2.38. The fourth-order valence-corrected chi connectivity index (χ4v) is 1.93. The third kappa shape index (κ3) is 9.11. The van der Waals surface area contributed by atoms with Gasteiger partial charge in [0.05, 0.1) is 6.61 Å². The highest BCUT2D eigenvalue weighted by molar-refractivity contribution is 7.46. The molecule has 0 aliphatic heterocycles. The summed E-state index contributed by atoms with van der Waals surface area (Å²) >= 11 is 0. The van der Waals surface area contributed by atoms with Crippen LogP contribution in [0.25, 0.3) is 0 Å². The lowest BCUT2D eigenvalue weighted by molar-refractivity contribution is -0.137. The number of rotatable bonds is 10. The molecule has 1 atom stereocenters. The first kappa shape index (κ1) is 21.0. The Hall–Kier alpha value is -0.990. The van der Waals surface area contributed by atoms with Gasteiger partial charge in [0.15, 0.2) is 0 Å². The number of amides is 2. The normalized spacial score (nSPS) is 13.5. The zero-order valence-electron chi connectivity index (χ0n) is 13.0. The summed E-state index contributed by atoms with van der Waals surface area (Å²) in [6.07, 6.45) is -0.639. The average molecular weight is 340 g/mol. The molecule has 0 radical (unpaired) electrons. The van der Waals surface area contributed by atoms with Crippen LogP contribution in [0.15, 0.2) is 0 Å². The lowest BCUT2D eigenvalue weighted by atomic mass is 9.87. The Bertz CT molecular complexity index is 422. The number of nitrogens with one attached hydrogen (secondary N) is 2. The number of phosphoric ester groups is 1. The van der Waals surface area contributed by atoms with E-state index in [0.29, 0.717) is 6.54 Å². The van der Waals surface area contributed by atoms with Crippen molar-refractivity contribution in [2.45, 2.75) is 39.7 Å². The minimum atomic E-state index is -4.67. The monoisotopic (exact) mass is 340 g/mol. The number of hydrogen-bond acceptors (Lipinski definition) is 5. The van der Waals surface area contributed by atoms with Crippen molar-refractivity contribution in [3.05, 3.63) is 0 Å². The van der Waals surface area contributed by atoms with Crippen LogP contribution >= 0.6 is 7.82 Å². The fourth-order valence-electron chi connectivity index (χ4n) is 1.43. The molecule has 9 nitrogen and oxygen atoms in total. The summed E-state index contributed by atoms with van der Waals surface area (Å²) in [6, 6.07) is 0. The van der Waals surface area contributed by atoms with Gasteiger partial charge in [0.2, 0.25) is 11.8 Å². The first-order chi connectivity index (χ1) is 9.99. The molecule has 10 heteroatoms. The second-order valence-electron chi connectivity index (χ2n) is 5.55. The van der Waals surface area contributed by atoms with Crippen LogP contribution in [0.3, 0.4) is 0 Å². The maximum absolute atomic E-state index is 11.8. The first-order valence-electron chi connectivity index (χ1n) is 6.92. The molecule has 0 aromatic carbocycles. The third-order valence-corrected chi connectivity index (χ3v) is 3.28. The number of phosphoric acid groups is 1. The van der Waals surface area contributed by atoms with Crippen LogP contribution in [-0.2, 0) is 18.7 Å². The van der Waals surface area contributed by atoms with Crippen molar-refractivity contribution in [1.29, 1.82) is 0 Å². The molecule has 130 valence electrons. The van der Waals surface area contributed by atoms with Gasteiger partial charge in [0.25, 0.3) is 0 Å². The molecule has 2 amide bonds. The maximum atomic E-state index is 11.8. The van der Waals surface area contributed by atoms with Crippen molar-refractivity contribution in [3.8, 4) is 0 Å². The van der Waals surface area contributed by atoms with E-state index < -0.39 is 31.9 Å². The molecule has 0 aliphatic carbocycles. The van der Waals surface area contributed by atoms with Crippen LogP contribution < -0.4 is 10.6 Å². The summed E-state index contributed by atoms with van der Waals surface area (Å²) in [4.78, 5) is 40.4. The number of aliphatic hydroxyl groups is 1. The van der Waals surface area contributed by atoms with Gasteiger partial charge in [-0.2, -0.15) is 0 Å². The summed E-state index contributed by atoms with van der Waals surface area (Å²) in [5.41, 5.74) is -1.20.